The van der Waals surface area contributed by atoms with Crippen molar-refractivity contribution in [2.75, 3.05) is 0 Å². The largest absolute Gasteiger partial charge is 0.454 e. The first-order valence-electron chi connectivity index (χ1n) is 11.8. The average molecular weight is 459 g/mol. The van der Waals surface area contributed by atoms with Crippen LogP contribution in [0.5, 0.6) is 0 Å². The van der Waals surface area contributed by atoms with E-state index in [2.05, 4.69) is 60.9 Å². The predicted molar refractivity (Wildman–Crippen MR) is 141 cm³/mol. The van der Waals surface area contributed by atoms with Crippen LogP contribution < -0.4 is 4.57 Å². The van der Waals surface area contributed by atoms with Crippen LogP contribution in [0.4, 0.5) is 4.39 Å². The van der Waals surface area contributed by atoms with E-state index in [0.717, 1.165) is 49.9 Å². The Morgan fingerprint density at radius 3 is 2.17 bits per heavy atom. The van der Waals surface area contributed by atoms with Gasteiger partial charge in [0.15, 0.2) is 6.20 Å². The normalized spacial score (nSPS) is 11.4. The van der Waals surface area contributed by atoms with Crippen LogP contribution in [0.2, 0.25) is 0 Å². The molecule has 0 radical (unpaired) electrons. The molecule has 6 aromatic rings. The van der Waals surface area contributed by atoms with Crippen LogP contribution in [-0.2, 0) is 7.05 Å². The van der Waals surface area contributed by atoms with Crippen LogP contribution >= 0.6 is 0 Å². The minimum Gasteiger partial charge on any atom is -0.454 e. The van der Waals surface area contributed by atoms with Crippen molar-refractivity contribution in [3.05, 3.63) is 114 Å². The summed E-state index contributed by atoms with van der Waals surface area (Å²) in [6.07, 6.45) is 2.03. The number of fused-ring (bicyclic) bond motifs is 3. The molecule has 0 amide bonds. The number of aryl methyl sites for hydroxylation is 3. The summed E-state index contributed by atoms with van der Waals surface area (Å²) in [5.74, 6) is -0.290. The Morgan fingerprint density at radius 2 is 1.37 bits per heavy atom. The molecule has 0 aliphatic carbocycles. The molecule has 0 aliphatic rings. The van der Waals surface area contributed by atoms with Crippen molar-refractivity contribution in [1.29, 1.82) is 0 Å². The Kier molecular flexibility index (Phi) is 5.00. The molecule has 2 heterocycles. The van der Waals surface area contributed by atoms with Gasteiger partial charge in [0, 0.05) is 22.9 Å². The molecule has 3 heteroatoms. The Morgan fingerprint density at radius 1 is 0.657 bits per heavy atom. The van der Waals surface area contributed by atoms with Crippen LogP contribution in [0.1, 0.15) is 11.1 Å². The summed E-state index contributed by atoms with van der Waals surface area (Å²) < 4.78 is 24.1. The summed E-state index contributed by atoms with van der Waals surface area (Å²) in [7, 11) is 2.03. The van der Waals surface area contributed by atoms with E-state index < -0.39 is 0 Å². The molecule has 0 saturated heterocycles. The van der Waals surface area contributed by atoms with Crippen molar-refractivity contribution >= 4 is 21.9 Å². The molecule has 0 aliphatic heterocycles. The number of furan rings is 1. The summed E-state index contributed by atoms with van der Waals surface area (Å²) in [6, 6.07) is 30.0. The van der Waals surface area contributed by atoms with E-state index in [4.69, 9.17) is 4.42 Å². The van der Waals surface area contributed by atoms with Gasteiger partial charge in [-0.2, -0.15) is 0 Å². The second-order valence-electron chi connectivity index (χ2n) is 9.13. The lowest BCUT2D eigenvalue weighted by Crippen LogP contribution is -2.30. The number of rotatable bonds is 3. The van der Waals surface area contributed by atoms with Gasteiger partial charge in [0.2, 0.25) is 5.69 Å². The van der Waals surface area contributed by atoms with Crippen molar-refractivity contribution < 1.29 is 13.4 Å². The fourth-order valence-electron chi connectivity index (χ4n) is 5.09. The highest BCUT2D eigenvalue weighted by molar-refractivity contribution is 6.13. The molecule has 0 bridgehead atoms. The van der Waals surface area contributed by atoms with Crippen LogP contribution in [0, 0.1) is 19.7 Å². The Labute approximate surface area is 203 Å². The molecule has 35 heavy (non-hydrogen) atoms. The van der Waals surface area contributed by atoms with E-state index in [9.17, 15) is 0 Å². The Bertz CT molecular complexity index is 1740. The molecule has 170 valence electrons. The van der Waals surface area contributed by atoms with Crippen LogP contribution in [0.25, 0.3) is 55.4 Å². The topological polar surface area (TPSA) is 17.0 Å². The number of nitrogens with zero attached hydrogens (tertiary/aromatic N) is 1. The molecular formula is C32H25FNO+. The highest BCUT2D eigenvalue weighted by Crippen LogP contribution is 2.42. The first-order valence-corrected chi connectivity index (χ1v) is 11.8. The highest BCUT2D eigenvalue weighted by atomic mass is 19.1. The van der Waals surface area contributed by atoms with Crippen molar-refractivity contribution in [3.63, 3.8) is 0 Å². The third kappa shape index (κ3) is 3.43. The predicted octanol–water partition coefficient (Wildman–Crippen LogP) is 8.17. The monoisotopic (exact) mass is 458 g/mol. The van der Waals surface area contributed by atoms with Gasteiger partial charge in [-0.3, -0.25) is 0 Å². The Hall–Kier alpha value is -4.24. The van der Waals surface area contributed by atoms with Gasteiger partial charge in [0.25, 0.3) is 0 Å². The van der Waals surface area contributed by atoms with Gasteiger partial charge in [0.05, 0.1) is 11.1 Å². The van der Waals surface area contributed by atoms with Gasteiger partial charge in [0.1, 0.15) is 24.0 Å². The molecule has 0 spiro atoms. The van der Waals surface area contributed by atoms with Crippen molar-refractivity contribution in [2.24, 2.45) is 7.05 Å². The molecular weight excluding hydrogens is 433 g/mol. The lowest BCUT2D eigenvalue weighted by Gasteiger charge is -2.09. The molecule has 0 saturated carbocycles. The maximum absolute atomic E-state index is 15.4. The fourth-order valence-corrected chi connectivity index (χ4v) is 5.09. The van der Waals surface area contributed by atoms with E-state index in [1.165, 1.54) is 5.56 Å². The number of aromatic nitrogens is 1. The third-order valence-electron chi connectivity index (χ3n) is 6.89. The lowest BCUT2D eigenvalue weighted by molar-refractivity contribution is -0.660. The zero-order chi connectivity index (χ0) is 24.1. The first kappa shape index (κ1) is 21.3. The maximum atomic E-state index is 15.4. The van der Waals surface area contributed by atoms with Gasteiger partial charge < -0.3 is 4.42 Å². The summed E-state index contributed by atoms with van der Waals surface area (Å²) in [5, 5.41) is 1.90. The van der Waals surface area contributed by atoms with Crippen LogP contribution in [0.3, 0.4) is 0 Å². The van der Waals surface area contributed by atoms with Crippen LogP contribution in [-0.4, -0.2) is 0 Å². The van der Waals surface area contributed by atoms with Gasteiger partial charge in [-0.05, 0) is 65.9 Å². The molecule has 0 atom stereocenters. The van der Waals surface area contributed by atoms with E-state index in [-0.39, 0.29) is 5.82 Å². The summed E-state index contributed by atoms with van der Waals surface area (Å²) in [4.78, 5) is 0. The average Bonchev–Trinajstić information content (AvgIpc) is 3.23. The van der Waals surface area contributed by atoms with Crippen molar-refractivity contribution in [1.82, 2.24) is 0 Å². The molecule has 0 fully saturated rings. The zero-order valence-electron chi connectivity index (χ0n) is 20.0. The smallest absolute Gasteiger partial charge is 0.216 e. The van der Waals surface area contributed by atoms with Gasteiger partial charge >= 0.3 is 0 Å². The summed E-state index contributed by atoms with van der Waals surface area (Å²) in [5.41, 5.74) is 9.23. The maximum Gasteiger partial charge on any atom is 0.216 e. The number of benzene rings is 4. The van der Waals surface area contributed by atoms with Gasteiger partial charge in [-0.25, -0.2) is 8.96 Å². The van der Waals surface area contributed by atoms with E-state index in [1.807, 2.05) is 55.7 Å². The highest BCUT2D eigenvalue weighted by Gasteiger charge is 2.23. The molecule has 2 aromatic heterocycles. The third-order valence-corrected chi connectivity index (χ3v) is 6.89. The number of pyridine rings is 1. The molecule has 6 rings (SSSR count). The molecule has 4 aromatic carbocycles. The molecule has 0 unspecified atom stereocenters. The van der Waals surface area contributed by atoms with E-state index >= 15 is 4.39 Å². The number of halogens is 1. The van der Waals surface area contributed by atoms with E-state index in [1.54, 1.807) is 6.07 Å². The Balaban J connectivity index is 1.64. The van der Waals surface area contributed by atoms with Gasteiger partial charge in [-0.15, -0.1) is 0 Å². The standard InChI is InChI=1S/C32H25FNO/c1-20-9-4-5-12-24(20)22-10-8-11-23(19-22)30-27(33)17-16-26-25-15-14-21(2)29(31(25)35-32(26)30)28-13-6-7-18-34(28)3/h4-19H,1-3H3/q+1. The minimum absolute atomic E-state index is 0.290. The summed E-state index contributed by atoms with van der Waals surface area (Å²) in [6.45, 7) is 4.18. The summed E-state index contributed by atoms with van der Waals surface area (Å²) >= 11 is 0. The second kappa shape index (κ2) is 8.21. The molecule has 2 nitrogen and oxygen atoms in total. The first-order chi connectivity index (χ1) is 17.0. The number of hydrogen-bond donors (Lipinski definition) is 0. The fraction of sp³-hybridized carbons (Fsp3) is 0.0938. The van der Waals surface area contributed by atoms with Crippen molar-refractivity contribution in [3.8, 4) is 33.5 Å². The molecule has 0 N–H and O–H groups in total. The number of hydrogen-bond acceptors (Lipinski definition) is 1. The van der Waals surface area contributed by atoms with Crippen molar-refractivity contribution in [2.45, 2.75) is 13.8 Å². The minimum atomic E-state index is -0.290. The second-order valence-corrected chi connectivity index (χ2v) is 9.13. The van der Waals surface area contributed by atoms with Gasteiger partial charge in [-0.1, -0.05) is 54.6 Å². The SMILES string of the molecule is Cc1ccccc1-c1cccc(-c2c(F)ccc3c2oc2c(-c4cccc[n+]4C)c(C)ccc23)c1. The lowest BCUT2D eigenvalue weighted by atomic mass is 9.95. The van der Waals surface area contributed by atoms with Crippen LogP contribution in [0.15, 0.2) is 102 Å². The van der Waals surface area contributed by atoms with E-state index in [0.29, 0.717) is 11.1 Å². The zero-order valence-corrected chi connectivity index (χ0v) is 20.0. The quantitative estimate of drug-likeness (QED) is 0.244.